The van der Waals surface area contributed by atoms with E-state index in [1.54, 1.807) is 36.0 Å². The van der Waals surface area contributed by atoms with Gasteiger partial charge in [0.1, 0.15) is 11.5 Å². The molecule has 8 nitrogen and oxygen atoms in total. The highest BCUT2D eigenvalue weighted by molar-refractivity contribution is 7.98. The largest absolute Gasteiger partial charge is 0.457 e. The van der Waals surface area contributed by atoms with E-state index < -0.39 is 10.0 Å². The number of hydrogen-bond acceptors (Lipinski definition) is 6. The van der Waals surface area contributed by atoms with Gasteiger partial charge in [0.05, 0.1) is 6.26 Å². The molecule has 0 aliphatic carbocycles. The lowest BCUT2D eigenvalue weighted by Gasteiger charge is -2.38. The van der Waals surface area contributed by atoms with E-state index in [-0.39, 0.29) is 24.5 Å². The van der Waals surface area contributed by atoms with Crippen LogP contribution in [0.4, 0.5) is 16.2 Å². The smallest absolute Gasteiger partial charge is 0.322 e. The van der Waals surface area contributed by atoms with Gasteiger partial charge in [-0.15, -0.1) is 24.2 Å². The Morgan fingerprint density at radius 2 is 1.51 bits per heavy atom. The number of sulfonamides is 1. The minimum atomic E-state index is -3.32. The molecule has 1 saturated heterocycles. The van der Waals surface area contributed by atoms with Gasteiger partial charge >= 0.3 is 6.03 Å². The second-order valence-electron chi connectivity index (χ2n) is 10.9. The van der Waals surface area contributed by atoms with Crippen LogP contribution in [0.3, 0.4) is 0 Å². The molecule has 1 fully saturated rings. The van der Waals surface area contributed by atoms with Crippen LogP contribution in [0.5, 0.6) is 11.5 Å². The first-order valence-corrected chi connectivity index (χ1v) is 17.7. The lowest BCUT2D eigenvalue weighted by atomic mass is 10.0. The average Bonchev–Trinajstić information content (AvgIpc) is 3.02. The Labute approximate surface area is 276 Å². The van der Waals surface area contributed by atoms with Gasteiger partial charge in [-0.1, -0.05) is 48.5 Å². The number of thioether (sulfide) groups is 1. The molecule has 45 heavy (non-hydrogen) atoms. The first-order chi connectivity index (χ1) is 21.2. The molecule has 2 N–H and O–H groups in total. The quantitative estimate of drug-likeness (QED) is 0.160. The Morgan fingerprint density at radius 3 is 2.13 bits per heavy atom. The second kappa shape index (κ2) is 16.0. The molecule has 2 amide bonds. The number of carbonyl (C=O) groups excluding carboxylic acids is 1. The maximum atomic E-state index is 13.6. The average molecular weight is 667 g/mol. The van der Waals surface area contributed by atoms with E-state index >= 15 is 0 Å². The number of ether oxygens (including phenoxy) is 1. The van der Waals surface area contributed by atoms with Crippen LogP contribution in [0, 0.1) is 0 Å². The lowest BCUT2D eigenvalue weighted by Crippen LogP contribution is -2.48. The molecule has 0 bridgehead atoms. The molecule has 238 valence electrons. The highest BCUT2D eigenvalue weighted by Crippen LogP contribution is 2.26. The number of amides is 2. The predicted molar refractivity (Wildman–Crippen MR) is 186 cm³/mol. The number of nitrogens with one attached hydrogen (secondary N) is 2. The summed E-state index contributed by atoms with van der Waals surface area (Å²) in [5, 5.41) is 3.14. The maximum absolute atomic E-state index is 13.6. The van der Waals surface area contributed by atoms with Crippen LogP contribution < -0.4 is 14.8 Å². The van der Waals surface area contributed by atoms with Gasteiger partial charge in [0.15, 0.2) is 0 Å². The lowest BCUT2D eigenvalue weighted by molar-refractivity contribution is 0.120. The van der Waals surface area contributed by atoms with Gasteiger partial charge in [0.2, 0.25) is 10.0 Å². The van der Waals surface area contributed by atoms with Gasteiger partial charge in [0.25, 0.3) is 0 Å². The van der Waals surface area contributed by atoms with E-state index in [4.69, 9.17) is 4.74 Å². The number of carbonyl (C=O) groups is 1. The molecule has 0 aromatic heterocycles. The predicted octanol–water partition coefficient (Wildman–Crippen LogP) is 7.69. The summed E-state index contributed by atoms with van der Waals surface area (Å²) in [6.45, 7) is 3.19. The van der Waals surface area contributed by atoms with Crippen LogP contribution in [0.15, 0.2) is 108 Å². The zero-order valence-corrected chi connectivity index (χ0v) is 27.8. The van der Waals surface area contributed by atoms with Gasteiger partial charge in [-0.25, -0.2) is 13.2 Å². The number of rotatable bonds is 11. The standard InChI is InChI=1S/C34H38N4O4S2.ClH/c1-43-33-10-6-9-29(23-33)35-34(39)38(25-26-7-4-3-5-8-26)30-19-21-37(22-20-30)24-27-11-15-31(16-12-27)42-32-17-13-28(14-18-32)36-44(2,40)41;/h3-18,23,30,36H,19-22,24-25H2,1-2H3,(H,35,39);1H. The zero-order chi connectivity index (χ0) is 30.9. The van der Waals surface area contributed by atoms with Crippen LogP contribution in [-0.4, -0.2) is 55.9 Å². The fourth-order valence-corrected chi connectivity index (χ4v) is 6.32. The summed E-state index contributed by atoms with van der Waals surface area (Å²) >= 11 is 1.66. The third-order valence-corrected chi connectivity index (χ3v) is 8.83. The molecule has 4 aromatic carbocycles. The van der Waals surface area contributed by atoms with E-state index in [1.807, 2.05) is 65.8 Å². The van der Waals surface area contributed by atoms with Crippen LogP contribution in [0.2, 0.25) is 0 Å². The van der Waals surface area contributed by atoms with E-state index in [9.17, 15) is 13.2 Å². The first-order valence-electron chi connectivity index (χ1n) is 14.6. The normalized spacial score (nSPS) is 13.8. The molecule has 0 radical (unpaired) electrons. The summed E-state index contributed by atoms with van der Waals surface area (Å²) in [7, 11) is -3.32. The summed E-state index contributed by atoms with van der Waals surface area (Å²) in [5.41, 5.74) is 3.61. The molecule has 4 aromatic rings. The molecule has 0 atom stereocenters. The van der Waals surface area contributed by atoms with Gasteiger partial charge in [-0.2, -0.15) is 0 Å². The van der Waals surface area contributed by atoms with Crippen LogP contribution in [0.1, 0.15) is 24.0 Å². The van der Waals surface area contributed by atoms with Gasteiger partial charge in [-0.05, 0) is 84.8 Å². The Bertz CT molecular complexity index is 1630. The maximum Gasteiger partial charge on any atom is 0.322 e. The van der Waals surface area contributed by atoms with Crippen molar-refractivity contribution in [3.05, 3.63) is 114 Å². The Kier molecular flexibility index (Phi) is 12.2. The fraction of sp³-hybridized carbons (Fsp3) is 0.265. The minimum absolute atomic E-state index is 0. The monoisotopic (exact) mass is 666 g/mol. The van der Waals surface area contributed by atoms with Crippen molar-refractivity contribution in [1.82, 2.24) is 9.80 Å². The van der Waals surface area contributed by atoms with Crippen LogP contribution in [-0.2, 0) is 23.1 Å². The summed E-state index contributed by atoms with van der Waals surface area (Å²) in [6.07, 6.45) is 4.95. The number of hydrogen-bond donors (Lipinski definition) is 2. The van der Waals surface area contributed by atoms with Crippen molar-refractivity contribution in [2.45, 2.75) is 36.9 Å². The number of likely N-dealkylation sites (tertiary alicyclic amines) is 1. The Hall–Kier alpha value is -3.70. The van der Waals surface area contributed by atoms with Gasteiger partial charge in [-0.3, -0.25) is 9.62 Å². The summed E-state index contributed by atoms with van der Waals surface area (Å²) in [6, 6.07) is 33.0. The highest BCUT2D eigenvalue weighted by Gasteiger charge is 2.28. The number of halogens is 1. The summed E-state index contributed by atoms with van der Waals surface area (Å²) in [4.78, 5) is 19.1. The molecule has 5 rings (SSSR count). The number of urea groups is 1. The molecule has 1 aliphatic rings. The van der Waals surface area contributed by atoms with E-state index in [0.29, 0.717) is 23.7 Å². The third kappa shape index (κ3) is 10.4. The molecular weight excluding hydrogens is 628 g/mol. The van der Waals surface area contributed by atoms with Gasteiger partial charge in [0, 0.05) is 48.5 Å². The molecule has 0 unspecified atom stereocenters. The topological polar surface area (TPSA) is 91.0 Å². The van der Waals surface area contributed by atoms with E-state index in [2.05, 4.69) is 39.2 Å². The van der Waals surface area contributed by atoms with Gasteiger partial charge < -0.3 is 15.0 Å². The minimum Gasteiger partial charge on any atom is -0.457 e. The molecular formula is C34H39ClN4O4S2. The van der Waals surface area contributed by atoms with Crippen molar-refractivity contribution in [1.29, 1.82) is 0 Å². The number of piperidine rings is 1. The van der Waals surface area contributed by atoms with E-state index in [1.165, 1.54) is 5.56 Å². The van der Waals surface area contributed by atoms with Crippen molar-refractivity contribution >= 4 is 51.6 Å². The first kappa shape index (κ1) is 34.2. The van der Waals surface area contributed by atoms with Crippen molar-refractivity contribution in [2.24, 2.45) is 0 Å². The number of anilines is 2. The molecule has 11 heteroatoms. The highest BCUT2D eigenvalue weighted by atomic mass is 35.5. The third-order valence-electron chi connectivity index (χ3n) is 7.50. The Morgan fingerprint density at radius 1 is 0.867 bits per heavy atom. The molecule has 1 aliphatic heterocycles. The summed E-state index contributed by atoms with van der Waals surface area (Å²) < 4.78 is 31.2. The molecule has 1 heterocycles. The van der Waals surface area contributed by atoms with Crippen molar-refractivity contribution in [3.63, 3.8) is 0 Å². The molecule has 0 spiro atoms. The van der Waals surface area contributed by atoms with Crippen molar-refractivity contribution in [3.8, 4) is 11.5 Å². The van der Waals surface area contributed by atoms with E-state index in [0.717, 1.165) is 54.9 Å². The zero-order valence-electron chi connectivity index (χ0n) is 25.4. The van der Waals surface area contributed by atoms with Crippen molar-refractivity contribution in [2.75, 3.05) is 35.6 Å². The van der Waals surface area contributed by atoms with Crippen LogP contribution in [0.25, 0.3) is 0 Å². The Balaban J connectivity index is 0.00000461. The molecule has 0 saturated carbocycles. The van der Waals surface area contributed by atoms with Crippen LogP contribution >= 0.6 is 24.2 Å². The fourth-order valence-electron chi connectivity index (χ4n) is 5.29. The summed E-state index contributed by atoms with van der Waals surface area (Å²) in [5.74, 6) is 1.34. The SMILES string of the molecule is CSc1cccc(NC(=O)N(Cc2ccccc2)C2CCN(Cc3ccc(Oc4ccc(NS(C)(=O)=O)cc4)cc3)CC2)c1.Cl. The number of benzene rings is 4. The van der Waals surface area contributed by atoms with Crippen molar-refractivity contribution < 1.29 is 17.9 Å². The second-order valence-corrected chi connectivity index (χ2v) is 13.6. The number of nitrogens with zero attached hydrogens (tertiary/aromatic N) is 2.